The minimum atomic E-state index is 0.657. The molecule has 82 valence electrons. The van der Waals surface area contributed by atoms with Crippen LogP contribution in [0.5, 0.6) is 0 Å². The second kappa shape index (κ2) is 3.52. The van der Waals surface area contributed by atoms with Crippen molar-refractivity contribution in [3.8, 4) is 0 Å². The van der Waals surface area contributed by atoms with E-state index in [9.17, 15) is 0 Å². The molecule has 14 heavy (non-hydrogen) atoms. The van der Waals surface area contributed by atoms with Crippen molar-refractivity contribution in [2.45, 2.75) is 53.0 Å². The minimum Gasteiger partial charge on any atom is -0.314 e. The minimum absolute atomic E-state index is 0.657. The molecule has 0 amide bonds. The Morgan fingerprint density at radius 2 is 1.93 bits per heavy atom. The Bertz CT molecular complexity index is 209. The largest absolute Gasteiger partial charge is 0.314 e. The molecule has 0 spiro atoms. The van der Waals surface area contributed by atoms with Crippen molar-refractivity contribution in [1.29, 1.82) is 0 Å². The van der Waals surface area contributed by atoms with Gasteiger partial charge in [0, 0.05) is 6.04 Å². The molecule has 2 aliphatic carbocycles. The van der Waals surface area contributed by atoms with Crippen molar-refractivity contribution >= 4 is 0 Å². The molecule has 0 saturated heterocycles. The van der Waals surface area contributed by atoms with Crippen LogP contribution in [0.1, 0.15) is 47.0 Å². The lowest BCUT2D eigenvalue weighted by Gasteiger charge is -2.27. The quantitative estimate of drug-likeness (QED) is 0.711. The SMILES string of the molecule is CC(CNC1CC1)C(C)C1(C)CC1C. The molecule has 1 nitrogen and oxygen atoms in total. The van der Waals surface area contributed by atoms with E-state index in [2.05, 4.69) is 33.0 Å². The standard InChI is InChI=1S/C13H25N/c1-9(8-14-12-5-6-12)11(3)13(4)7-10(13)2/h9-12,14H,5-8H2,1-4H3. The van der Waals surface area contributed by atoms with Gasteiger partial charge in [-0.25, -0.2) is 0 Å². The summed E-state index contributed by atoms with van der Waals surface area (Å²) >= 11 is 0. The first-order valence-corrected chi connectivity index (χ1v) is 6.27. The Morgan fingerprint density at radius 3 is 2.36 bits per heavy atom. The second-order valence-electron chi connectivity index (χ2n) is 6.06. The van der Waals surface area contributed by atoms with Gasteiger partial charge in [-0.15, -0.1) is 0 Å². The van der Waals surface area contributed by atoms with E-state index in [4.69, 9.17) is 0 Å². The molecule has 1 heteroatoms. The maximum Gasteiger partial charge on any atom is 0.00683 e. The molecule has 2 fully saturated rings. The first-order valence-electron chi connectivity index (χ1n) is 6.27. The first kappa shape index (κ1) is 10.5. The Balaban J connectivity index is 1.75. The molecule has 4 atom stereocenters. The number of nitrogens with one attached hydrogen (secondary N) is 1. The average molecular weight is 195 g/mol. The number of hydrogen-bond donors (Lipinski definition) is 1. The van der Waals surface area contributed by atoms with Gasteiger partial charge in [0.05, 0.1) is 0 Å². The van der Waals surface area contributed by atoms with E-state index in [1.54, 1.807) is 0 Å². The zero-order valence-corrected chi connectivity index (χ0v) is 10.1. The van der Waals surface area contributed by atoms with E-state index < -0.39 is 0 Å². The van der Waals surface area contributed by atoms with Gasteiger partial charge in [-0.05, 0) is 49.0 Å². The maximum absolute atomic E-state index is 3.65. The fourth-order valence-corrected chi connectivity index (χ4v) is 2.70. The molecule has 1 N–H and O–H groups in total. The third-order valence-electron chi connectivity index (χ3n) is 4.91. The fourth-order valence-electron chi connectivity index (χ4n) is 2.70. The summed E-state index contributed by atoms with van der Waals surface area (Å²) in [5, 5.41) is 3.65. The van der Waals surface area contributed by atoms with Crippen LogP contribution in [0.25, 0.3) is 0 Å². The molecular weight excluding hydrogens is 170 g/mol. The molecule has 0 bridgehead atoms. The molecule has 0 aromatic rings. The molecule has 2 saturated carbocycles. The van der Waals surface area contributed by atoms with Crippen LogP contribution in [0.3, 0.4) is 0 Å². The van der Waals surface area contributed by atoms with E-state index in [-0.39, 0.29) is 0 Å². The van der Waals surface area contributed by atoms with E-state index >= 15 is 0 Å². The zero-order valence-electron chi connectivity index (χ0n) is 10.1. The van der Waals surface area contributed by atoms with Crippen LogP contribution in [0.2, 0.25) is 0 Å². The van der Waals surface area contributed by atoms with E-state index in [0.717, 1.165) is 23.8 Å². The predicted molar refractivity (Wildman–Crippen MR) is 61.2 cm³/mol. The predicted octanol–water partition coefficient (Wildman–Crippen LogP) is 3.06. The van der Waals surface area contributed by atoms with E-state index in [1.807, 2.05) is 0 Å². The van der Waals surface area contributed by atoms with Crippen LogP contribution in [-0.2, 0) is 0 Å². The summed E-state index contributed by atoms with van der Waals surface area (Å²) in [6.45, 7) is 11.0. The Labute approximate surface area is 88.7 Å². The molecule has 0 aromatic heterocycles. The van der Waals surface area contributed by atoms with E-state index in [1.165, 1.54) is 25.8 Å². The van der Waals surface area contributed by atoms with Crippen molar-refractivity contribution in [2.75, 3.05) is 6.54 Å². The van der Waals surface area contributed by atoms with Gasteiger partial charge in [0.2, 0.25) is 0 Å². The maximum atomic E-state index is 3.65. The van der Waals surface area contributed by atoms with Crippen molar-refractivity contribution in [1.82, 2.24) is 5.32 Å². The Hall–Kier alpha value is -0.0400. The summed E-state index contributed by atoms with van der Waals surface area (Å²) in [7, 11) is 0. The van der Waals surface area contributed by atoms with Crippen LogP contribution in [0, 0.1) is 23.2 Å². The lowest BCUT2D eigenvalue weighted by atomic mass is 9.81. The van der Waals surface area contributed by atoms with Crippen LogP contribution >= 0.6 is 0 Å². The van der Waals surface area contributed by atoms with Crippen molar-refractivity contribution in [3.63, 3.8) is 0 Å². The van der Waals surface area contributed by atoms with Gasteiger partial charge in [0.25, 0.3) is 0 Å². The summed E-state index contributed by atoms with van der Waals surface area (Å²) in [5.41, 5.74) is 0.657. The second-order valence-corrected chi connectivity index (χ2v) is 6.06. The highest BCUT2D eigenvalue weighted by Gasteiger charge is 2.51. The monoisotopic (exact) mass is 195 g/mol. The Kier molecular flexibility index (Phi) is 2.63. The van der Waals surface area contributed by atoms with Crippen LogP contribution in [0.15, 0.2) is 0 Å². The number of hydrogen-bond acceptors (Lipinski definition) is 1. The zero-order chi connectivity index (χ0) is 10.3. The van der Waals surface area contributed by atoms with Crippen LogP contribution < -0.4 is 5.32 Å². The van der Waals surface area contributed by atoms with Crippen molar-refractivity contribution in [3.05, 3.63) is 0 Å². The van der Waals surface area contributed by atoms with Crippen molar-refractivity contribution < 1.29 is 0 Å². The smallest absolute Gasteiger partial charge is 0.00683 e. The van der Waals surface area contributed by atoms with Gasteiger partial charge in [-0.3, -0.25) is 0 Å². The molecule has 2 aliphatic rings. The normalized spacial score (nSPS) is 40.7. The average Bonchev–Trinajstić information content (AvgIpc) is 3.02. The van der Waals surface area contributed by atoms with Gasteiger partial charge < -0.3 is 5.32 Å². The van der Waals surface area contributed by atoms with Crippen LogP contribution in [0.4, 0.5) is 0 Å². The van der Waals surface area contributed by atoms with Crippen molar-refractivity contribution in [2.24, 2.45) is 23.2 Å². The summed E-state index contributed by atoms with van der Waals surface area (Å²) in [4.78, 5) is 0. The van der Waals surface area contributed by atoms with Gasteiger partial charge in [0.1, 0.15) is 0 Å². The molecule has 0 radical (unpaired) electrons. The Morgan fingerprint density at radius 1 is 1.36 bits per heavy atom. The highest BCUT2D eigenvalue weighted by Crippen LogP contribution is 2.58. The first-order chi connectivity index (χ1) is 6.54. The van der Waals surface area contributed by atoms with Gasteiger partial charge in [-0.2, -0.15) is 0 Å². The molecule has 0 aliphatic heterocycles. The topological polar surface area (TPSA) is 12.0 Å². The van der Waals surface area contributed by atoms with Crippen LogP contribution in [-0.4, -0.2) is 12.6 Å². The summed E-state index contributed by atoms with van der Waals surface area (Å²) in [5.74, 6) is 2.68. The van der Waals surface area contributed by atoms with Gasteiger partial charge >= 0.3 is 0 Å². The van der Waals surface area contributed by atoms with Gasteiger partial charge in [-0.1, -0.05) is 27.7 Å². The van der Waals surface area contributed by atoms with Gasteiger partial charge in [0.15, 0.2) is 0 Å². The summed E-state index contributed by atoms with van der Waals surface area (Å²) in [6, 6.07) is 0.870. The summed E-state index contributed by atoms with van der Waals surface area (Å²) in [6.07, 6.45) is 4.27. The molecular formula is C13H25N. The molecule has 2 rings (SSSR count). The molecule has 4 unspecified atom stereocenters. The fraction of sp³-hybridized carbons (Fsp3) is 1.00. The highest BCUT2D eigenvalue weighted by atomic mass is 14.9. The number of rotatable bonds is 5. The molecule has 0 aromatic carbocycles. The molecule has 0 heterocycles. The lowest BCUT2D eigenvalue weighted by molar-refractivity contribution is 0.236. The summed E-state index contributed by atoms with van der Waals surface area (Å²) < 4.78 is 0. The third-order valence-corrected chi connectivity index (χ3v) is 4.91. The van der Waals surface area contributed by atoms with E-state index in [0.29, 0.717) is 5.41 Å². The third kappa shape index (κ3) is 1.98. The lowest BCUT2D eigenvalue weighted by Crippen LogP contribution is -2.30. The highest BCUT2D eigenvalue weighted by molar-refractivity contribution is 5.01.